The number of nitrogens with one attached hydrogen (secondary N) is 1. The maximum atomic E-state index is 14.5. The fourth-order valence-corrected chi connectivity index (χ4v) is 6.49. The maximum absolute atomic E-state index is 14.5. The van der Waals surface area contributed by atoms with Crippen LogP contribution in [0.3, 0.4) is 0 Å². The highest BCUT2D eigenvalue weighted by atomic mass is 31.2. The van der Waals surface area contributed by atoms with Crippen LogP contribution in [0.2, 0.25) is 0 Å². The van der Waals surface area contributed by atoms with Gasteiger partial charge in [-0.15, -0.1) is 0 Å². The molecule has 1 amide bonds. The summed E-state index contributed by atoms with van der Waals surface area (Å²) in [5, 5.41) is 2.35. The Bertz CT molecular complexity index is 1590. The fraction of sp³-hybridized carbons (Fsp3) is 0.257. The summed E-state index contributed by atoms with van der Waals surface area (Å²) < 4.78 is 78.9. The molecule has 12 heteroatoms. The van der Waals surface area contributed by atoms with Gasteiger partial charge in [0.25, 0.3) is 11.5 Å². The van der Waals surface area contributed by atoms with Crippen LogP contribution in [0.25, 0.3) is 0 Å². The van der Waals surface area contributed by atoms with Gasteiger partial charge in [-0.2, -0.15) is 13.2 Å². The number of ether oxygens (including phenoxy) is 2. The molecule has 4 aromatic rings. The number of benzene rings is 4. The first kappa shape index (κ1) is 35.6. The van der Waals surface area contributed by atoms with Crippen LogP contribution in [0.1, 0.15) is 40.3 Å². The highest BCUT2D eigenvalue weighted by Gasteiger charge is 2.62. The van der Waals surface area contributed by atoms with Gasteiger partial charge < -0.3 is 23.8 Å². The molecule has 0 aromatic heterocycles. The Balaban J connectivity index is 1.58. The van der Waals surface area contributed by atoms with E-state index in [1.165, 1.54) is 30.3 Å². The van der Waals surface area contributed by atoms with Crippen molar-refractivity contribution in [1.82, 2.24) is 5.32 Å². The number of esters is 1. The number of methoxy groups -OCH3 is 2. The van der Waals surface area contributed by atoms with Gasteiger partial charge in [0.05, 0.1) is 38.9 Å². The van der Waals surface area contributed by atoms with Crippen molar-refractivity contribution in [2.75, 3.05) is 14.2 Å². The number of alkyl halides is 3. The Morgan fingerprint density at radius 3 is 1.66 bits per heavy atom. The van der Waals surface area contributed by atoms with Gasteiger partial charge in [0, 0.05) is 12.7 Å². The third kappa shape index (κ3) is 9.17. The number of hydrogen-bond donors (Lipinski definition) is 1. The Morgan fingerprint density at radius 2 is 1.21 bits per heavy atom. The van der Waals surface area contributed by atoms with Gasteiger partial charge in [-0.05, 0) is 22.3 Å². The third-order valence-corrected chi connectivity index (χ3v) is 9.21. The van der Waals surface area contributed by atoms with Gasteiger partial charge in [-0.25, -0.2) is 0 Å². The van der Waals surface area contributed by atoms with Crippen molar-refractivity contribution in [3.8, 4) is 0 Å². The molecule has 0 saturated carbocycles. The molecule has 0 heterocycles. The molecule has 0 aliphatic carbocycles. The first-order chi connectivity index (χ1) is 22.5. The monoisotopic (exact) mass is 669 g/mol. The lowest BCUT2D eigenvalue weighted by atomic mass is 9.90. The Labute approximate surface area is 271 Å². The van der Waals surface area contributed by atoms with Crippen LogP contribution in [0.15, 0.2) is 115 Å². The topological polar surface area (TPSA) is 100 Å². The minimum absolute atomic E-state index is 0.0418. The molecule has 0 aliphatic heterocycles. The number of halogens is 3. The van der Waals surface area contributed by atoms with Gasteiger partial charge >= 0.3 is 19.7 Å². The normalized spacial score (nSPS) is 13.7. The van der Waals surface area contributed by atoms with E-state index in [0.717, 1.165) is 37.5 Å². The van der Waals surface area contributed by atoms with Crippen LogP contribution in [0.4, 0.5) is 13.2 Å². The van der Waals surface area contributed by atoms with E-state index in [4.69, 9.17) is 18.5 Å². The molecule has 0 aliphatic rings. The van der Waals surface area contributed by atoms with Gasteiger partial charge in [-0.3, -0.25) is 14.2 Å². The van der Waals surface area contributed by atoms with E-state index in [1.807, 2.05) is 60.7 Å². The van der Waals surface area contributed by atoms with Gasteiger partial charge in [-0.1, -0.05) is 115 Å². The summed E-state index contributed by atoms with van der Waals surface area (Å²) in [4.78, 5) is 25.7. The van der Waals surface area contributed by atoms with Crippen LogP contribution in [-0.4, -0.2) is 32.3 Å². The standard InChI is InChI=1S/C35H35F3NO7P/c1-43-32(40)22-31(39-33(41)34(44-2,35(36,37)38)30-16-10-5-11-17-30)29-20-18-28(19-21-29)25-47(42,45-23-26-12-6-3-7-13-26)46-24-27-14-8-4-9-15-27/h3-21,31H,22-25H2,1-2H3,(H,39,41)/t31-,34+/m0/s1. The average molecular weight is 670 g/mol. The number of rotatable bonds is 15. The molecule has 0 fully saturated rings. The minimum atomic E-state index is -5.15. The second-order valence-corrected chi connectivity index (χ2v) is 12.6. The molecule has 4 aromatic carbocycles. The summed E-state index contributed by atoms with van der Waals surface area (Å²) in [6, 6.07) is 29.9. The van der Waals surface area contributed by atoms with Crippen molar-refractivity contribution in [1.29, 1.82) is 0 Å². The van der Waals surface area contributed by atoms with Crippen molar-refractivity contribution in [2.45, 2.75) is 43.6 Å². The van der Waals surface area contributed by atoms with E-state index in [0.29, 0.717) is 11.1 Å². The average Bonchev–Trinajstić information content (AvgIpc) is 3.08. The number of hydrogen-bond acceptors (Lipinski definition) is 7. The second kappa shape index (κ2) is 16.0. The molecule has 47 heavy (non-hydrogen) atoms. The predicted molar refractivity (Wildman–Crippen MR) is 169 cm³/mol. The lowest BCUT2D eigenvalue weighted by Gasteiger charge is -2.34. The van der Waals surface area contributed by atoms with E-state index in [2.05, 4.69) is 5.32 Å². The first-order valence-electron chi connectivity index (χ1n) is 14.6. The first-order valence-corrected chi connectivity index (χ1v) is 16.3. The van der Waals surface area contributed by atoms with Crippen molar-refractivity contribution in [3.05, 3.63) is 143 Å². The third-order valence-electron chi connectivity index (χ3n) is 7.41. The SMILES string of the molecule is COC(=O)C[C@H](NC(=O)[C@](OC)(c1ccccc1)C(F)(F)F)c1ccc(CP(=O)(OCc2ccccc2)OCc2ccccc2)cc1. The van der Waals surface area contributed by atoms with Crippen LogP contribution < -0.4 is 5.32 Å². The quantitative estimate of drug-likeness (QED) is 0.103. The molecule has 248 valence electrons. The Morgan fingerprint density at radius 1 is 0.723 bits per heavy atom. The number of carbonyl (C=O) groups excluding carboxylic acids is 2. The van der Waals surface area contributed by atoms with Crippen LogP contribution >= 0.6 is 7.60 Å². The highest BCUT2D eigenvalue weighted by molar-refractivity contribution is 7.52. The fourth-order valence-electron chi connectivity index (χ4n) is 4.89. The van der Waals surface area contributed by atoms with Gasteiger partial charge in [0.2, 0.25) is 0 Å². The van der Waals surface area contributed by atoms with E-state index >= 15 is 0 Å². The molecular formula is C35H35F3NO7P. The largest absolute Gasteiger partial charge is 0.469 e. The summed E-state index contributed by atoms with van der Waals surface area (Å²) >= 11 is 0. The summed E-state index contributed by atoms with van der Waals surface area (Å²) in [6.45, 7) is 0.0835. The van der Waals surface area contributed by atoms with Crippen molar-refractivity contribution >= 4 is 19.5 Å². The second-order valence-electron chi connectivity index (χ2n) is 10.6. The molecule has 4 rings (SSSR count). The van der Waals surface area contributed by atoms with E-state index < -0.39 is 49.3 Å². The molecule has 0 bridgehead atoms. The lowest BCUT2D eigenvalue weighted by Crippen LogP contribution is -2.56. The van der Waals surface area contributed by atoms with Gasteiger partial charge in [0.15, 0.2) is 0 Å². The van der Waals surface area contributed by atoms with Gasteiger partial charge in [0.1, 0.15) is 0 Å². The Kier molecular flexibility index (Phi) is 12.1. The zero-order valence-electron chi connectivity index (χ0n) is 25.8. The van der Waals surface area contributed by atoms with E-state index in [1.54, 1.807) is 12.1 Å². The zero-order chi connectivity index (χ0) is 33.9. The lowest BCUT2D eigenvalue weighted by molar-refractivity contribution is -0.266. The minimum Gasteiger partial charge on any atom is -0.469 e. The number of carbonyl (C=O) groups is 2. The van der Waals surface area contributed by atoms with Crippen molar-refractivity contribution < 1.29 is 45.8 Å². The maximum Gasteiger partial charge on any atom is 0.430 e. The summed E-state index contributed by atoms with van der Waals surface area (Å²) in [7, 11) is -1.80. The van der Waals surface area contributed by atoms with E-state index in [-0.39, 0.29) is 19.4 Å². The molecule has 1 N–H and O–H groups in total. The molecular weight excluding hydrogens is 634 g/mol. The predicted octanol–water partition coefficient (Wildman–Crippen LogP) is 7.64. The molecule has 0 spiro atoms. The van der Waals surface area contributed by atoms with Crippen molar-refractivity contribution in [3.63, 3.8) is 0 Å². The van der Waals surface area contributed by atoms with Crippen molar-refractivity contribution in [2.24, 2.45) is 0 Å². The van der Waals surface area contributed by atoms with Crippen LogP contribution in [-0.2, 0) is 57.7 Å². The summed E-state index contributed by atoms with van der Waals surface area (Å²) in [5.74, 6) is -2.27. The molecule has 2 atom stereocenters. The molecule has 0 saturated heterocycles. The zero-order valence-corrected chi connectivity index (χ0v) is 26.7. The molecule has 0 radical (unpaired) electrons. The smallest absolute Gasteiger partial charge is 0.430 e. The summed E-state index contributed by atoms with van der Waals surface area (Å²) in [6.07, 6.45) is -5.73. The highest BCUT2D eigenvalue weighted by Crippen LogP contribution is 2.53. The Hall–Kier alpha value is -4.28. The number of amides is 1. The van der Waals surface area contributed by atoms with Crippen LogP contribution in [0, 0.1) is 0 Å². The molecule has 0 unspecified atom stereocenters. The summed E-state index contributed by atoms with van der Waals surface area (Å²) in [5.41, 5.74) is -1.34. The molecule has 8 nitrogen and oxygen atoms in total. The van der Waals surface area contributed by atoms with Crippen LogP contribution in [0.5, 0.6) is 0 Å². The van der Waals surface area contributed by atoms with E-state index in [9.17, 15) is 27.3 Å².